The zero-order valence-corrected chi connectivity index (χ0v) is 12.9. The van der Waals surface area contributed by atoms with Gasteiger partial charge in [-0.2, -0.15) is 4.98 Å². The highest BCUT2D eigenvalue weighted by Gasteiger charge is 2.36. The number of hydrogen-bond donors (Lipinski definition) is 0. The van der Waals surface area contributed by atoms with E-state index in [4.69, 9.17) is 9.26 Å². The van der Waals surface area contributed by atoms with E-state index in [1.54, 1.807) is 0 Å². The fraction of sp³-hybridized carbons (Fsp3) is 0.812. The normalized spacial score (nSPS) is 26.5. The minimum atomic E-state index is 0.323. The third-order valence-electron chi connectivity index (χ3n) is 5.05. The standard InChI is InChI=1S/C16H23N3O3/c20-16(13-1-2-13)19-6-3-11(10-19)9-14-17-15(22-18-14)12-4-7-21-8-5-12/h11-13H,1-10H2. The molecule has 1 amide bonds. The number of aromatic nitrogens is 2. The maximum Gasteiger partial charge on any atom is 0.229 e. The van der Waals surface area contributed by atoms with Gasteiger partial charge in [-0.3, -0.25) is 4.79 Å². The molecular formula is C16H23N3O3. The van der Waals surface area contributed by atoms with E-state index in [0.29, 0.717) is 23.7 Å². The molecule has 2 aliphatic heterocycles. The van der Waals surface area contributed by atoms with Crippen LogP contribution in [0.2, 0.25) is 0 Å². The SMILES string of the molecule is O=C(C1CC1)N1CCC(Cc2noc(C3CCOCC3)n2)C1. The molecule has 0 N–H and O–H groups in total. The van der Waals surface area contributed by atoms with Gasteiger partial charge in [-0.25, -0.2) is 0 Å². The lowest BCUT2D eigenvalue weighted by Gasteiger charge is -2.18. The van der Waals surface area contributed by atoms with Crippen LogP contribution in [0.15, 0.2) is 4.52 Å². The van der Waals surface area contributed by atoms with Crippen molar-refractivity contribution >= 4 is 5.91 Å². The number of amides is 1. The first-order valence-electron chi connectivity index (χ1n) is 8.48. The van der Waals surface area contributed by atoms with E-state index in [0.717, 1.165) is 76.5 Å². The summed E-state index contributed by atoms with van der Waals surface area (Å²) in [6.45, 7) is 3.31. The first-order valence-corrected chi connectivity index (χ1v) is 8.48. The molecule has 0 radical (unpaired) electrons. The molecule has 2 saturated heterocycles. The minimum absolute atomic E-state index is 0.323. The van der Waals surface area contributed by atoms with Crippen molar-refractivity contribution in [2.24, 2.45) is 11.8 Å². The molecule has 6 heteroatoms. The van der Waals surface area contributed by atoms with Gasteiger partial charge in [-0.15, -0.1) is 0 Å². The summed E-state index contributed by atoms with van der Waals surface area (Å²) < 4.78 is 10.8. The van der Waals surface area contributed by atoms with Gasteiger partial charge in [-0.1, -0.05) is 5.16 Å². The van der Waals surface area contributed by atoms with Crippen LogP contribution in [-0.2, 0) is 16.0 Å². The van der Waals surface area contributed by atoms with Gasteiger partial charge in [0.2, 0.25) is 11.8 Å². The van der Waals surface area contributed by atoms with Gasteiger partial charge in [0.1, 0.15) is 0 Å². The number of carbonyl (C=O) groups excluding carboxylic acids is 1. The Morgan fingerprint density at radius 1 is 1.18 bits per heavy atom. The first-order chi connectivity index (χ1) is 10.8. The maximum atomic E-state index is 12.1. The molecule has 1 aromatic heterocycles. The highest BCUT2D eigenvalue weighted by atomic mass is 16.5. The van der Waals surface area contributed by atoms with Crippen LogP contribution in [0.4, 0.5) is 0 Å². The molecule has 1 unspecified atom stereocenters. The van der Waals surface area contributed by atoms with Gasteiger partial charge in [0.15, 0.2) is 5.82 Å². The van der Waals surface area contributed by atoms with Crippen molar-refractivity contribution in [2.75, 3.05) is 26.3 Å². The Labute approximate surface area is 130 Å². The first kappa shape index (κ1) is 14.2. The molecule has 120 valence electrons. The molecule has 22 heavy (non-hydrogen) atoms. The number of rotatable bonds is 4. The quantitative estimate of drug-likeness (QED) is 0.848. The largest absolute Gasteiger partial charge is 0.381 e. The van der Waals surface area contributed by atoms with E-state index >= 15 is 0 Å². The number of nitrogens with zero attached hydrogens (tertiary/aromatic N) is 3. The molecule has 0 bridgehead atoms. The Morgan fingerprint density at radius 2 is 2.00 bits per heavy atom. The molecular weight excluding hydrogens is 282 g/mol. The molecule has 0 spiro atoms. The third-order valence-corrected chi connectivity index (χ3v) is 5.05. The second kappa shape index (κ2) is 5.99. The number of ether oxygens (including phenoxy) is 1. The summed E-state index contributed by atoms with van der Waals surface area (Å²) in [5, 5.41) is 4.14. The lowest BCUT2D eigenvalue weighted by molar-refractivity contribution is -0.131. The lowest BCUT2D eigenvalue weighted by atomic mass is 10.0. The smallest absolute Gasteiger partial charge is 0.229 e. The summed E-state index contributed by atoms with van der Waals surface area (Å²) in [5.74, 6) is 3.08. The van der Waals surface area contributed by atoms with Crippen molar-refractivity contribution in [3.05, 3.63) is 11.7 Å². The third kappa shape index (κ3) is 3.02. The van der Waals surface area contributed by atoms with E-state index in [9.17, 15) is 4.79 Å². The van der Waals surface area contributed by atoms with E-state index in [1.165, 1.54) is 0 Å². The molecule has 3 fully saturated rings. The number of carbonyl (C=O) groups is 1. The van der Waals surface area contributed by atoms with Crippen LogP contribution in [0.1, 0.15) is 49.7 Å². The fourth-order valence-corrected chi connectivity index (χ4v) is 3.51. The lowest BCUT2D eigenvalue weighted by Crippen LogP contribution is -2.30. The highest BCUT2D eigenvalue weighted by Crippen LogP contribution is 2.33. The van der Waals surface area contributed by atoms with Gasteiger partial charge in [0, 0.05) is 44.6 Å². The van der Waals surface area contributed by atoms with E-state index in [-0.39, 0.29) is 0 Å². The number of likely N-dealkylation sites (tertiary alicyclic amines) is 1. The van der Waals surface area contributed by atoms with Crippen LogP contribution < -0.4 is 0 Å². The summed E-state index contributed by atoms with van der Waals surface area (Å²) in [4.78, 5) is 18.7. The number of hydrogen-bond acceptors (Lipinski definition) is 5. The topological polar surface area (TPSA) is 68.5 Å². The zero-order valence-electron chi connectivity index (χ0n) is 12.9. The van der Waals surface area contributed by atoms with Crippen molar-refractivity contribution < 1.29 is 14.1 Å². The molecule has 1 aromatic rings. The molecule has 1 atom stereocenters. The van der Waals surface area contributed by atoms with Gasteiger partial charge in [0.05, 0.1) is 0 Å². The summed E-state index contributed by atoms with van der Waals surface area (Å²) in [6.07, 6.45) is 5.98. The predicted octanol–water partition coefficient (Wildman–Crippen LogP) is 1.76. The average Bonchev–Trinajstić information content (AvgIpc) is 3.13. The molecule has 4 rings (SSSR count). The molecule has 0 aromatic carbocycles. The second-order valence-corrected chi connectivity index (χ2v) is 6.85. The highest BCUT2D eigenvalue weighted by molar-refractivity contribution is 5.81. The fourth-order valence-electron chi connectivity index (χ4n) is 3.51. The molecule has 6 nitrogen and oxygen atoms in total. The van der Waals surface area contributed by atoms with E-state index < -0.39 is 0 Å². The van der Waals surface area contributed by atoms with E-state index in [2.05, 4.69) is 10.1 Å². The summed E-state index contributed by atoms with van der Waals surface area (Å²) in [5.41, 5.74) is 0. The minimum Gasteiger partial charge on any atom is -0.381 e. The summed E-state index contributed by atoms with van der Waals surface area (Å²) >= 11 is 0. The Hall–Kier alpha value is -1.43. The van der Waals surface area contributed by atoms with E-state index in [1.807, 2.05) is 4.90 Å². The molecule has 3 heterocycles. The molecule has 1 saturated carbocycles. The summed E-state index contributed by atoms with van der Waals surface area (Å²) in [7, 11) is 0. The van der Waals surface area contributed by atoms with Crippen molar-refractivity contribution in [1.29, 1.82) is 0 Å². The van der Waals surface area contributed by atoms with Crippen LogP contribution in [0, 0.1) is 11.8 Å². The van der Waals surface area contributed by atoms with Crippen molar-refractivity contribution in [3.8, 4) is 0 Å². The Kier molecular flexibility index (Phi) is 3.86. The average molecular weight is 305 g/mol. The van der Waals surface area contributed by atoms with Crippen molar-refractivity contribution in [2.45, 2.75) is 44.4 Å². The van der Waals surface area contributed by atoms with Crippen molar-refractivity contribution in [3.63, 3.8) is 0 Å². The van der Waals surface area contributed by atoms with Crippen LogP contribution in [0.3, 0.4) is 0 Å². The van der Waals surface area contributed by atoms with Gasteiger partial charge in [0.25, 0.3) is 0 Å². The maximum absolute atomic E-state index is 12.1. The zero-order chi connectivity index (χ0) is 14.9. The molecule has 1 aliphatic carbocycles. The molecule has 3 aliphatic rings. The van der Waals surface area contributed by atoms with Gasteiger partial charge < -0.3 is 14.2 Å². The monoisotopic (exact) mass is 305 g/mol. The van der Waals surface area contributed by atoms with Crippen LogP contribution in [-0.4, -0.2) is 47.3 Å². The van der Waals surface area contributed by atoms with Crippen molar-refractivity contribution in [1.82, 2.24) is 15.0 Å². The van der Waals surface area contributed by atoms with Crippen LogP contribution in [0.25, 0.3) is 0 Å². The second-order valence-electron chi connectivity index (χ2n) is 6.85. The van der Waals surface area contributed by atoms with Gasteiger partial charge >= 0.3 is 0 Å². The van der Waals surface area contributed by atoms with Gasteiger partial charge in [-0.05, 0) is 38.0 Å². The Bertz CT molecular complexity index is 534. The van der Waals surface area contributed by atoms with Crippen LogP contribution in [0.5, 0.6) is 0 Å². The summed E-state index contributed by atoms with van der Waals surface area (Å²) in [6, 6.07) is 0. The Morgan fingerprint density at radius 3 is 2.77 bits per heavy atom. The Balaban J connectivity index is 1.32. The van der Waals surface area contributed by atoms with Crippen LogP contribution >= 0.6 is 0 Å². The predicted molar refractivity (Wildman–Crippen MR) is 78.2 cm³/mol.